The largest absolute Gasteiger partial charge is 0.494 e. The summed E-state index contributed by atoms with van der Waals surface area (Å²) >= 11 is 0. The maximum Gasteiger partial charge on any atom is 0.460 e. The normalized spacial score (nSPS) is 12.9. The summed E-state index contributed by atoms with van der Waals surface area (Å²) in [5.74, 6) is -20.9. The molecule has 0 bridgehead atoms. The lowest BCUT2D eigenvalue weighted by atomic mass is 9.99. The van der Waals surface area contributed by atoms with Gasteiger partial charge in [0.25, 0.3) is 0 Å². The fourth-order valence-electron chi connectivity index (χ4n) is 4.71. The second-order valence-electron chi connectivity index (χ2n) is 12.1. The summed E-state index contributed by atoms with van der Waals surface area (Å²) in [6, 6.07) is 16.4. The first kappa shape index (κ1) is 42.7. The van der Waals surface area contributed by atoms with Gasteiger partial charge in [-0.25, -0.2) is 14.4 Å². The molecule has 7 nitrogen and oxygen atoms in total. The van der Waals surface area contributed by atoms with E-state index in [-0.39, 0.29) is 41.1 Å². The number of esters is 3. The predicted octanol–water partition coefficient (Wildman–Crippen LogP) is 10.7. The van der Waals surface area contributed by atoms with Gasteiger partial charge in [0.1, 0.15) is 17.2 Å². The van der Waals surface area contributed by atoms with Crippen molar-refractivity contribution in [2.45, 2.75) is 95.3 Å². The number of rotatable bonds is 19. The summed E-state index contributed by atoms with van der Waals surface area (Å²) in [6.07, 6.45) is -5.26. The first-order valence-corrected chi connectivity index (χ1v) is 16.6. The van der Waals surface area contributed by atoms with Crippen LogP contribution in [0.4, 0.5) is 39.5 Å². The first-order valence-electron chi connectivity index (χ1n) is 16.6. The van der Waals surface area contributed by atoms with Gasteiger partial charge in [-0.05, 0) is 105 Å². The molecule has 1 atom stereocenters. The van der Waals surface area contributed by atoms with Gasteiger partial charge in [0, 0.05) is 6.42 Å². The highest BCUT2D eigenvalue weighted by atomic mass is 19.4. The van der Waals surface area contributed by atoms with E-state index in [2.05, 4.69) is 6.92 Å². The van der Waals surface area contributed by atoms with Crippen molar-refractivity contribution in [1.82, 2.24) is 0 Å². The topological polar surface area (TPSA) is 88.1 Å². The smallest absolute Gasteiger partial charge is 0.460 e. The zero-order chi connectivity index (χ0) is 39.5. The minimum Gasteiger partial charge on any atom is -0.494 e. The van der Waals surface area contributed by atoms with E-state index in [1.165, 1.54) is 72.8 Å². The molecule has 0 radical (unpaired) electrons. The molecule has 0 aromatic heterocycles. The van der Waals surface area contributed by atoms with Crippen molar-refractivity contribution in [2.75, 3.05) is 6.61 Å². The Morgan fingerprint density at radius 3 is 1.47 bits per heavy atom. The van der Waals surface area contributed by atoms with Crippen LogP contribution in [0.5, 0.6) is 17.2 Å². The molecule has 0 amide bonds. The lowest BCUT2D eigenvalue weighted by molar-refractivity contribution is -0.396. The quantitative estimate of drug-likeness (QED) is 0.0520. The van der Waals surface area contributed by atoms with Crippen molar-refractivity contribution >= 4 is 17.9 Å². The van der Waals surface area contributed by atoms with Crippen molar-refractivity contribution in [1.29, 1.82) is 0 Å². The van der Waals surface area contributed by atoms with Gasteiger partial charge in [-0.15, -0.1) is 0 Å². The number of ether oxygens (including phenoxy) is 4. The minimum absolute atomic E-state index is 0.0436. The zero-order valence-corrected chi connectivity index (χ0v) is 28.6. The van der Waals surface area contributed by atoms with E-state index >= 15 is 0 Å². The van der Waals surface area contributed by atoms with Crippen molar-refractivity contribution in [2.24, 2.45) is 0 Å². The van der Waals surface area contributed by atoms with Crippen molar-refractivity contribution in [3.05, 3.63) is 89.5 Å². The van der Waals surface area contributed by atoms with E-state index in [9.17, 15) is 53.9 Å². The van der Waals surface area contributed by atoms with Crippen LogP contribution in [0.2, 0.25) is 0 Å². The van der Waals surface area contributed by atoms with Crippen molar-refractivity contribution in [3.8, 4) is 17.2 Å². The molecule has 0 aliphatic rings. The standard InChI is InChI=1S/C37H37F9O7/c1-3-4-5-6-9-24(2)51-31(47)25-12-18-29(19-13-25)53-33(49)27-14-20-30(21-15-27)52-32(48)26-10-16-28(17-11-26)50-23-8-7-22-34(38,39)35(40,41)36(42,43)37(44,45)46/h10-21,24H,3-9,22-23H2,1-2H3. The highest BCUT2D eigenvalue weighted by Crippen LogP contribution is 2.54. The van der Waals surface area contributed by atoms with Crippen LogP contribution < -0.4 is 14.2 Å². The Morgan fingerprint density at radius 1 is 0.566 bits per heavy atom. The third kappa shape index (κ3) is 11.6. The number of unbranched alkanes of at least 4 members (excludes halogenated alkanes) is 4. The molecular weight excluding hydrogens is 727 g/mol. The molecule has 1 unspecified atom stereocenters. The second-order valence-corrected chi connectivity index (χ2v) is 12.1. The first-order chi connectivity index (χ1) is 24.8. The van der Waals surface area contributed by atoms with E-state index in [4.69, 9.17) is 18.9 Å². The molecule has 0 aliphatic heterocycles. The minimum atomic E-state index is -6.93. The van der Waals surface area contributed by atoms with Crippen LogP contribution in [-0.4, -0.2) is 54.6 Å². The highest BCUT2D eigenvalue weighted by Gasteiger charge is 2.81. The van der Waals surface area contributed by atoms with Gasteiger partial charge in [-0.1, -0.05) is 26.2 Å². The number of hydrogen-bond donors (Lipinski definition) is 0. The monoisotopic (exact) mass is 764 g/mol. The Hall–Kier alpha value is -4.76. The van der Waals surface area contributed by atoms with E-state index in [1.807, 2.05) is 6.92 Å². The maximum atomic E-state index is 13.6. The molecule has 0 aliphatic carbocycles. The van der Waals surface area contributed by atoms with Crippen LogP contribution in [0, 0.1) is 0 Å². The van der Waals surface area contributed by atoms with Crippen molar-refractivity contribution in [3.63, 3.8) is 0 Å². The molecule has 0 fully saturated rings. The van der Waals surface area contributed by atoms with E-state index < -0.39 is 61.1 Å². The van der Waals surface area contributed by atoms with Gasteiger partial charge < -0.3 is 18.9 Å². The Kier molecular flexibility index (Phi) is 14.7. The van der Waals surface area contributed by atoms with E-state index in [0.29, 0.717) is 5.56 Å². The fraction of sp³-hybridized carbons (Fsp3) is 0.432. The summed E-state index contributed by atoms with van der Waals surface area (Å²) in [7, 11) is 0. The average Bonchev–Trinajstić information content (AvgIpc) is 3.10. The van der Waals surface area contributed by atoms with Gasteiger partial charge in [0.05, 0.1) is 29.4 Å². The number of halogens is 9. The Morgan fingerprint density at radius 2 is 1.02 bits per heavy atom. The number of alkyl halides is 9. The Labute approximate surface area is 299 Å². The van der Waals surface area contributed by atoms with Gasteiger partial charge in [0.2, 0.25) is 0 Å². The Balaban J connectivity index is 1.43. The molecule has 3 aromatic carbocycles. The van der Waals surface area contributed by atoms with Gasteiger partial charge in [-0.3, -0.25) is 0 Å². The molecule has 0 heterocycles. The van der Waals surface area contributed by atoms with Crippen LogP contribution >= 0.6 is 0 Å². The molecule has 0 saturated heterocycles. The molecule has 0 N–H and O–H groups in total. The molecule has 3 aromatic rings. The fourth-order valence-corrected chi connectivity index (χ4v) is 4.71. The third-order valence-corrected chi connectivity index (χ3v) is 7.83. The summed E-state index contributed by atoms with van der Waals surface area (Å²) in [4.78, 5) is 37.6. The molecule has 0 spiro atoms. The van der Waals surface area contributed by atoms with E-state index in [1.54, 1.807) is 0 Å². The zero-order valence-electron chi connectivity index (χ0n) is 28.6. The SMILES string of the molecule is CCCCCCC(C)OC(=O)c1ccc(OC(=O)c2ccc(OC(=O)c3ccc(OCCCCC(F)(F)C(F)(F)C(F)(F)C(F)(F)F)cc3)cc2)cc1. The summed E-state index contributed by atoms with van der Waals surface area (Å²) < 4.78 is 138. The van der Waals surface area contributed by atoms with Crippen LogP contribution in [0.15, 0.2) is 72.8 Å². The average molecular weight is 765 g/mol. The number of hydrogen-bond acceptors (Lipinski definition) is 7. The van der Waals surface area contributed by atoms with Crippen molar-refractivity contribution < 1.29 is 72.8 Å². The Bertz CT molecular complexity index is 1640. The molecule has 53 heavy (non-hydrogen) atoms. The van der Waals surface area contributed by atoms with Crippen LogP contribution in [-0.2, 0) is 4.74 Å². The highest BCUT2D eigenvalue weighted by molar-refractivity contribution is 5.93. The molecule has 0 saturated carbocycles. The lowest BCUT2D eigenvalue weighted by Crippen LogP contribution is -2.60. The predicted molar refractivity (Wildman–Crippen MR) is 173 cm³/mol. The summed E-state index contributed by atoms with van der Waals surface area (Å²) in [6.45, 7) is 3.57. The summed E-state index contributed by atoms with van der Waals surface area (Å²) in [5, 5.41) is 0. The van der Waals surface area contributed by atoms with Gasteiger partial charge in [0.15, 0.2) is 0 Å². The molecule has 3 rings (SSSR count). The number of benzene rings is 3. The maximum absolute atomic E-state index is 13.6. The van der Waals surface area contributed by atoms with E-state index in [0.717, 1.165) is 32.1 Å². The molecule has 16 heteroatoms. The molecule has 290 valence electrons. The van der Waals surface area contributed by atoms with Crippen LogP contribution in [0.25, 0.3) is 0 Å². The molecular formula is C37H37F9O7. The van der Waals surface area contributed by atoms with Gasteiger partial charge in [-0.2, -0.15) is 39.5 Å². The summed E-state index contributed by atoms with van der Waals surface area (Å²) in [5.41, 5.74) is 0.475. The van der Waals surface area contributed by atoms with Gasteiger partial charge >= 0.3 is 41.9 Å². The van der Waals surface area contributed by atoms with Crippen LogP contribution in [0.3, 0.4) is 0 Å². The number of carbonyl (C=O) groups excluding carboxylic acids is 3. The lowest BCUT2D eigenvalue weighted by Gasteiger charge is -2.33. The van der Waals surface area contributed by atoms with Crippen LogP contribution in [0.1, 0.15) is 96.3 Å². The second kappa shape index (κ2) is 18.3. The third-order valence-electron chi connectivity index (χ3n) is 7.83. The number of carbonyl (C=O) groups is 3.